The van der Waals surface area contributed by atoms with Gasteiger partial charge in [0.25, 0.3) is 0 Å². The molecule has 0 saturated heterocycles. The molecule has 5 heteroatoms. The molecule has 1 aromatic carbocycles. The lowest BCUT2D eigenvalue weighted by atomic mass is 10.2. The molecule has 0 atom stereocenters. The molecule has 1 aromatic rings. The van der Waals surface area contributed by atoms with Crippen molar-refractivity contribution in [2.45, 2.75) is 6.61 Å². The first-order valence-corrected chi connectivity index (χ1v) is 6.31. The van der Waals surface area contributed by atoms with Crippen LogP contribution in [0.5, 0.6) is 5.75 Å². The third-order valence-electron chi connectivity index (χ3n) is 2.55. The van der Waals surface area contributed by atoms with E-state index >= 15 is 0 Å². The van der Waals surface area contributed by atoms with Crippen molar-refractivity contribution in [3.63, 3.8) is 0 Å². The first-order valence-electron chi connectivity index (χ1n) is 6.31. The van der Waals surface area contributed by atoms with E-state index in [0.717, 1.165) is 0 Å². The Labute approximate surface area is 122 Å². The SMILES string of the molecule is C=CCN(CC=C)C(=O)/C=C/c1ccccc1OC(F)F. The first kappa shape index (κ1) is 16.6. The van der Waals surface area contributed by atoms with E-state index in [9.17, 15) is 13.6 Å². The minimum absolute atomic E-state index is 0.0236. The van der Waals surface area contributed by atoms with Crippen LogP contribution in [0.15, 0.2) is 55.7 Å². The van der Waals surface area contributed by atoms with E-state index in [1.807, 2.05) is 0 Å². The van der Waals surface area contributed by atoms with Gasteiger partial charge in [0.05, 0.1) is 0 Å². The molecule has 0 aliphatic carbocycles. The number of benzene rings is 1. The molecule has 3 nitrogen and oxygen atoms in total. The maximum atomic E-state index is 12.3. The molecule has 0 fully saturated rings. The van der Waals surface area contributed by atoms with Crippen molar-refractivity contribution in [1.29, 1.82) is 0 Å². The number of hydrogen-bond donors (Lipinski definition) is 0. The lowest BCUT2D eigenvalue weighted by Gasteiger charge is -2.17. The van der Waals surface area contributed by atoms with Crippen molar-refractivity contribution >= 4 is 12.0 Å². The van der Waals surface area contributed by atoms with Gasteiger partial charge >= 0.3 is 6.61 Å². The minimum Gasteiger partial charge on any atom is -0.434 e. The van der Waals surface area contributed by atoms with E-state index in [1.54, 1.807) is 30.4 Å². The summed E-state index contributed by atoms with van der Waals surface area (Å²) in [6, 6.07) is 6.26. The fraction of sp³-hybridized carbons (Fsp3) is 0.188. The van der Waals surface area contributed by atoms with Gasteiger partial charge in [0.1, 0.15) is 5.75 Å². The highest BCUT2D eigenvalue weighted by Gasteiger charge is 2.09. The molecule has 0 bridgehead atoms. The number of halogens is 2. The van der Waals surface area contributed by atoms with Crippen LogP contribution >= 0.6 is 0 Å². The van der Waals surface area contributed by atoms with Crippen LogP contribution in [-0.2, 0) is 4.79 Å². The number of alkyl halides is 2. The second-order valence-corrected chi connectivity index (χ2v) is 4.07. The van der Waals surface area contributed by atoms with Crippen molar-refractivity contribution in [3.05, 3.63) is 61.2 Å². The quantitative estimate of drug-likeness (QED) is 0.542. The third-order valence-corrected chi connectivity index (χ3v) is 2.55. The molecular weight excluding hydrogens is 276 g/mol. The maximum Gasteiger partial charge on any atom is 0.387 e. The summed E-state index contributed by atoms with van der Waals surface area (Å²) in [5, 5.41) is 0. The largest absolute Gasteiger partial charge is 0.434 e. The standard InChI is InChI=1S/C16H17F2NO2/c1-3-11-19(12-4-2)15(20)10-9-13-7-5-6-8-14(13)21-16(17)18/h3-10,16H,1-2,11-12H2/b10-9+. The van der Waals surface area contributed by atoms with Gasteiger partial charge < -0.3 is 9.64 Å². The van der Waals surface area contributed by atoms with Crippen LogP contribution in [0.4, 0.5) is 8.78 Å². The zero-order valence-corrected chi connectivity index (χ0v) is 11.5. The summed E-state index contributed by atoms with van der Waals surface area (Å²) < 4.78 is 29.0. The highest BCUT2D eigenvalue weighted by Crippen LogP contribution is 2.21. The van der Waals surface area contributed by atoms with Gasteiger partial charge in [-0.05, 0) is 12.1 Å². The molecule has 112 valence electrons. The molecule has 0 spiro atoms. The smallest absolute Gasteiger partial charge is 0.387 e. The predicted molar refractivity (Wildman–Crippen MR) is 79.1 cm³/mol. The Kier molecular flexibility index (Phi) is 6.87. The van der Waals surface area contributed by atoms with Crippen LogP contribution in [0, 0.1) is 0 Å². The molecule has 0 unspecified atom stereocenters. The van der Waals surface area contributed by atoms with E-state index in [2.05, 4.69) is 17.9 Å². The lowest BCUT2D eigenvalue weighted by Crippen LogP contribution is -2.29. The topological polar surface area (TPSA) is 29.5 Å². The van der Waals surface area contributed by atoms with Crippen molar-refractivity contribution in [3.8, 4) is 5.75 Å². The molecule has 0 saturated carbocycles. The van der Waals surface area contributed by atoms with Crippen LogP contribution in [-0.4, -0.2) is 30.5 Å². The van der Waals surface area contributed by atoms with Gasteiger partial charge in [-0.1, -0.05) is 30.4 Å². The molecule has 0 heterocycles. The van der Waals surface area contributed by atoms with Crippen LogP contribution in [0.2, 0.25) is 0 Å². The second-order valence-electron chi connectivity index (χ2n) is 4.07. The Morgan fingerprint density at radius 1 is 1.24 bits per heavy atom. The van der Waals surface area contributed by atoms with E-state index in [-0.39, 0.29) is 11.7 Å². The van der Waals surface area contributed by atoms with Gasteiger partial charge in [0.15, 0.2) is 0 Å². The second kappa shape index (κ2) is 8.68. The number of rotatable bonds is 8. The fourth-order valence-electron chi connectivity index (χ4n) is 1.65. The average Bonchev–Trinajstić information content (AvgIpc) is 2.45. The molecule has 1 amide bonds. The van der Waals surface area contributed by atoms with Crippen molar-refractivity contribution in [2.24, 2.45) is 0 Å². The molecule has 0 N–H and O–H groups in total. The Bertz CT molecular complexity index is 517. The molecule has 21 heavy (non-hydrogen) atoms. The Morgan fingerprint density at radius 2 is 1.86 bits per heavy atom. The van der Waals surface area contributed by atoms with Crippen LogP contribution in [0.1, 0.15) is 5.56 Å². The number of nitrogens with zero attached hydrogens (tertiary/aromatic N) is 1. The van der Waals surface area contributed by atoms with E-state index in [0.29, 0.717) is 18.7 Å². The van der Waals surface area contributed by atoms with Gasteiger partial charge in [-0.3, -0.25) is 4.79 Å². The van der Waals surface area contributed by atoms with Crippen LogP contribution < -0.4 is 4.74 Å². The number of para-hydroxylation sites is 1. The summed E-state index contributed by atoms with van der Waals surface area (Å²) in [6.45, 7) is 5.00. The lowest BCUT2D eigenvalue weighted by molar-refractivity contribution is -0.124. The number of ether oxygens (including phenoxy) is 1. The number of amides is 1. The Balaban J connectivity index is 2.85. The highest BCUT2D eigenvalue weighted by atomic mass is 19.3. The Hall–Kier alpha value is -2.43. The molecule has 0 aliphatic heterocycles. The van der Waals surface area contributed by atoms with Gasteiger partial charge in [-0.2, -0.15) is 8.78 Å². The molecule has 0 aromatic heterocycles. The summed E-state index contributed by atoms with van der Waals surface area (Å²) in [5.74, 6) is -0.239. The zero-order valence-electron chi connectivity index (χ0n) is 11.5. The summed E-state index contributed by atoms with van der Waals surface area (Å²) in [6.07, 6.45) is 5.95. The minimum atomic E-state index is -2.91. The summed E-state index contributed by atoms with van der Waals surface area (Å²) in [7, 11) is 0. The average molecular weight is 293 g/mol. The molecule has 1 rings (SSSR count). The van der Waals surface area contributed by atoms with Crippen molar-refractivity contribution in [2.75, 3.05) is 13.1 Å². The van der Waals surface area contributed by atoms with E-state index in [1.165, 1.54) is 23.1 Å². The van der Waals surface area contributed by atoms with E-state index in [4.69, 9.17) is 0 Å². The van der Waals surface area contributed by atoms with Crippen LogP contribution in [0.3, 0.4) is 0 Å². The van der Waals surface area contributed by atoms with Gasteiger partial charge in [-0.15, -0.1) is 13.2 Å². The molecule has 0 radical (unpaired) electrons. The maximum absolute atomic E-state index is 12.3. The zero-order chi connectivity index (χ0) is 15.7. The highest BCUT2D eigenvalue weighted by molar-refractivity contribution is 5.92. The molecular formula is C16H17F2NO2. The predicted octanol–water partition coefficient (Wildman–Crippen LogP) is 3.50. The normalized spacial score (nSPS) is 10.6. The van der Waals surface area contributed by atoms with Crippen molar-refractivity contribution in [1.82, 2.24) is 4.90 Å². The van der Waals surface area contributed by atoms with Crippen molar-refractivity contribution < 1.29 is 18.3 Å². The fourth-order valence-corrected chi connectivity index (χ4v) is 1.65. The summed E-state index contributed by atoms with van der Waals surface area (Å²) in [4.78, 5) is 13.5. The Morgan fingerprint density at radius 3 is 2.43 bits per heavy atom. The van der Waals surface area contributed by atoms with Gasteiger partial charge in [0, 0.05) is 24.7 Å². The van der Waals surface area contributed by atoms with Gasteiger partial charge in [0.2, 0.25) is 5.91 Å². The number of carbonyl (C=O) groups is 1. The summed E-state index contributed by atoms with van der Waals surface area (Å²) >= 11 is 0. The third kappa shape index (κ3) is 5.60. The monoisotopic (exact) mass is 293 g/mol. The number of carbonyl (C=O) groups excluding carboxylic acids is 1. The van der Waals surface area contributed by atoms with E-state index < -0.39 is 6.61 Å². The number of hydrogen-bond acceptors (Lipinski definition) is 2. The van der Waals surface area contributed by atoms with Crippen LogP contribution in [0.25, 0.3) is 6.08 Å². The van der Waals surface area contributed by atoms with Gasteiger partial charge in [-0.25, -0.2) is 0 Å². The summed E-state index contributed by atoms with van der Waals surface area (Å²) in [5.41, 5.74) is 0.406. The first-order chi connectivity index (χ1) is 10.1. The molecule has 0 aliphatic rings.